The summed E-state index contributed by atoms with van der Waals surface area (Å²) in [5, 5.41) is 8.11. The molecule has 2 unspecified atom stereocenters. The molecule has 2 aliphatic rings. The van der Waals surface area contributed by atoms with Crippen LogP contribution in [-0.4, -0.2) is 41.9 Å². The van der Waals surface area contributed by atoms with Gasteiger partial charge in [-0.15, -0.1) is 0 Å². The van der Waals surface area contributed by atoms with Crippen molar-refractivity contribution in [2.45, 2.75) is 37.9 Å². The van der Waals surface area contributed by atoms with Crippen LogP contribution in [0.15, 0.2) is 54.6 Å². The van der Waals surface area contributed by atoms with Crippen LogP contribution in [0.5, 0.6) is 0 Å². The molecule has 182 valence electrons. The van der Waals surface area contributed by atoms with Crippen LogP contribution in [0.4, 0.5) is 13.2 Å². The van der Waals surface area contributed by atoms with Crippen LogP contribution < -0.4 is 10.6 Å². The Balaban J connectivity index is 1.37. The van der Waals surface area contributed by atoms with E-state index >= 15 is 0 Å². The molecule has 1 aliphatic carbocycles. The molecule has 1 aliphatic heterocycles. The van der Waals surface area contributed by atoms with Crippen molar-refractivity contribution in [2.75, 3.05) is 13.1 Å². The number of amides is 2. The fraction of sp³-hybridized carbons (Fsp3) is 0.333. The van der Waals surface area contributed by atoms with E-state index in [0.717, 1.165) is 29.2 Å². The predicted molar refractivity (Wildman–Crippen MR) is 126 cm³/mol. The van der Waals surface area contributed by atoms with Crippen molar-refractivity contribution in [2.24, 2.45) is 5.92 Å². The first-order valence-electron chi connectivity index (χ1n) is 11.9. The summed E-state index contributed by atoms with van der Waals surface area (Å²) >= 11 is 0. The number of carbonyl (C=O) groups excluding carboxylic acids is 2. The van der Waals surface area contributed by atoms with Crippen molar-refractivity contribution in [3.05, 3.63) is 83.2 Å². The van der Waals surface area contributed by atoms with E-state index in [4.69, 9.17) is 0 Å². The quantitative estimate of drug-likeness (QED) is 0.520. The lowest BCUT2D eigenvalue weighted by atomic mass is 9.91. The molecule has 5 rings (SSSR count). The van der Waals surface area contributed by atoms with Crippen LogP contribution >= 0.6 is 0 Å². The zero-order chi connectivity index (χ0) is 24.5. The number of nitrogens with one attached hydrogen (secondary N) is 2. The monoisotopic (exact) mass is 481 g/mol. The first kappa shape index (κ1) is 23.4. The molecule has 3 aromatic carbocycles. The van der Waals surface area contributed by atoms with E-state index in [2.05, 4.69) is 10.6 Å². The minimum Gasteiger partial charge on any atom is -0.348 e. The van der Waals surface area contributed by atoms with Gasteiger partial charge in [-0.2, -0.15) is 0 Å². The second-order valence-corrected chi connectivity index (χ2v) is 9.26. The van der Waals surface area contributed by atoms with E-state index in [1.54, 1.807) is 0 Å². The van der Waals surface area contributed by atoms with E-state index in [0.29, 0.717) is 38.2 Å². The van der Waals surface area contributed by atoms with Crippen molar-refractivity contribution in [3.8, 4) is 0 Å². The molecule has 2 N–H and O–H groups in total. The topological polar surface area (TPSA) is 61.4 Å². The molecule has 2 atom stereocenters. The van der Waals surface area contributed by atoms with E-state index < -0.39 is 40.9 Å². The van der Waals surface area contributed by atoms with Crippen LogP contribution in [0.25, 0.3) is 10.8 Å². The van der Waals surface area contributed by atoms with Crippen LogP contribution in [0.1, 0.15) is 35.2 Å². The maximum atomic E-state index is 14.1. The summed E-state index contributed by atoms with van der Waals surface area (Å²) in [6.45, 7) is 1.39. The maximum absolute atomic E-state index is 14.1. The zero-order valence-corrected chi connectivity index (χ0v) is 19.1. The van der Waals surface area contributed by atoms with Crippen molar-refractivity contribution < 1.29 is 22.8 Å². The van der Waals surface area contributed by atoms with Gasteiger partial charge in [-0.05, 0) is 48.2 Å². The third-order valence-electron chi connectivity index (χ3n) is 6.86. The number of benzene rings is 3. The molecule has 5 nitrogen and oxygen atoms in total. The number of carbonyl (C=O) groups is 2. The van der Waals surface area contributed by atoms with E-state index in [9.17, 15) is 22.8 Å². The molecule has 2 amide bonds. The largest absolute Gasteiger partial charge is 0.348 e. The van der Waals surface area contributed by atoms with E-state index in [1.807, 2.05) is 47.4 Å². The molecule has 1 saturated heterocycles. The van der Waals surface area contributed by atoms with Crippen LogP contribution in [-0.2, 0) is 11.3 Å². The van der Waals surface area contributed by atoms with Crippen molar-refractivity contribution in [1.82, 2.24) is 15.5 Å². The molecule has 0 bridgehead atoms. The highest BCUT2D eigenvalue weighted by atomic mass is 19.2. The number of halogens is 3. The molecule has 3 aromatic rings. The highest BCUT2D eigenvalue weighted by Gasteiger charge is 2.40. The Morgan fingerprint density at radius 2 is 1.69 bits per heavy atom. The summed E-state index contributed by atoms with van der Waals surface area (Å²) in [7, 11) is 0. The van der Waals surface area contributed by atoms with Gasteiger partial charge < -0.3 is 15.5 Å². The predicted octanol–water partition coefficient (Wildman–Crippen LogP) is 4.16. The van der Waals surface area contributed by atoms with Crippen LogP contribution in [0, 0.1) is 23.4 Å². The minimum atomic E-state index is -1.36. The Labute approximate surface area is 201 Å². The van der Waals surface area contributed by atoms with Crippen LogP contribution in [0.2, 0.25) is 0 Å². The van der Waals surface area contributed by atoms with Gasteiger partial charge in [-0.3, -0.25) is 9.59 Å². The Bertz CT molecular complexity index is 1270. The number of rotatable bonds is 6. The van der Waals surface area contributed by atoms with Gasteiger partial charge in [0.15, 0.2) is 11.6 Å². The average Bonchev–Trinajstić information content (AvgIpc) is 3.70. The average molecular weight is 482 g/mol. The Hall–Kier alpha value is -3.39. The molecule has 0 spiro atoms. The highest BCUT2D eigenvalue weighted by Crippen LogP contribution is 2.32. The molecular weight excluding hydrogens is 455 g/mol. The molecule has 0 radical (unpaired) electrons. The van der Waals surface area contributed by atoms with Gasteiger partial charge in [0.2, 0.25) is 5.91 Å². The third kappa shape index (κ3) is 4.89. The summed E-state index contributed by atoms with van der Waals surface area (Å²) in [4.78, 5) is 28.4. The lowest BCUT2D eigenvalue weighted by Crippen LogP contribution is -2.55. The zero-order valence-electron chi connectivity index (χ0n) is 19.1. The first-order chi connectivity index (χ1) is 16.9. The lowest BCUT2D eigenvalue weighted by molar-refractivity contribution is -0.138. The van der Waals surface area contributed by atoms with E-state index in [1.165, 1.54) is 0 Å². The van der Waals surface area contributed by atoms with Gasteiger partial charge in [-0.25, -0.2) is 13.2 Å². The van der Waals surface area contributed by atoms with Gasteiger partial charge >= 0.3 is 0 Å². The molecule has 0 aromatic heterocycles. The summed E-state index contributed by atoms with van der Waals surface area (Å²) in [6, 6.07) is 14.6. The van der Waals surface area contributed by atoms with Gasteiger partial charge in [0, 0.05) is 31.2 Å². The first-order valence-corrected chi connectivity index (χ1v) is 11.9. The van der Waals surface area contributed by atoms with E-state index in [-0.39, 0.29) is 11.9 Å². The van der Waals surface area contributed by atoms with Crippen molar-refractivity contribution in [3.63, 3.8) is 0 Å². The Morgan fingerprint density at radius 1 is 0.943 bits per heavy atom. The van der Waals surface area contributed by atoms with Crippen molar-refractivity contribution >= 4 is 22.6 Å². The minimum absolute atomic E-state index is 0.0799. The molecule has 1 heterocycles. The second-order valence-electron chi connectivity index (χ2n) is 9.26. The normalized spacial score (nSPS) is 20.0. The number of piperidine rings is 1. The molecule has 1 saturated carbocycles. The van der Waals surface area contributed by atoms with Gasteiger partial charge in [-0.1, -0.05) is 42.5 Å². The third-order valence-corrected chi connectivity index (χ3v) is 6.86. The second kappa shape index (κ2) is 9.70. The van der Waals surface area contributed by atoms with Crippen molar-refractivity contribution in [1.29, 1.82) is 0 Å². The van der Waals surface area contributed by atoms with Crippen LogP contribution in [0.3, 0.4) is 0 Å². The molecule has 8 heteroatoms. The number of nitrogens with zero attached hydrogens (tertiary/aromatic N) is 1. The molecular formula is C27H26F3N3O2. The highest BCUT2D eigenvalue weighted by molar-refractivity contribution is 5.95. The smallest absolute Gasteiger partial charge is 0.254 e. The fourth-order valence-corrected chi connectivity index (χ4v) is 4.83. The number of fused-ring (bicyclic) bond motifs is 1. The Kier molecular flexibility index (Phi) is 6.47. The summed E-state index contributed by atoms with van der Waals surface area (Å²) in [5.74, 6) is -5.31. The summed E-state index contributed by atoms with van der Waals surface area (Å²) in [5.41, 5.74) is 0.472. The number of hydrogen-bond donors (Lipinski definition) is 2. The summed E-state index contributed by atoms with van der Waals surface area (Å²) in [6.07, 6.45) is 2.31. The lowest BCUT2D eigenvalue weighted by Gasteiger charge is -2.36. The van der Waals surface area contributed by atoms with Gasteiger partial charge in [0.1, 0.15) is 5.82 Å². The molecule has 35 heavy (non-hydrogen) atoms. The molecule has 2 fully saturated rings. The van der Waals surface area contributed by atoms with Gasteiger partial charge in [0.25, 0.3) is 5.91 Å². The fourth-order valence-electron chi connectivity index (χ4n) is 4.83. The van der Waals surface area contributed by atoms with Gasteiger partial charge in [0.05, 0.1) is 11.5 Å². The Morgan fingerprint density at radius 3 is 2.49 bits per heavy atom. The SMILES string of the molecule is O=C(NC1CCNCC1C(=O)N(Cc1cccc2ccccc12)C1CC1)c1cc(F)c(F)cc1F. The summed E-state index contributed by atoms with van der Waals surface area (Å²) < 4.78 is 41.1. The standard InChI is InChI=1S/C27H26F3N3O2/c28-22-13-24(30)23(29)12-20(22)26(34)32-25-10-11-31-14-21(25)27(35)33(18-8-9-18)15-17-6-3-5-16-4-1-2-7-19(16)17/h1-7,12-13,18,21,25,31H,8-11,14-15H2,(H,32,34). The maximum Gasteiger partial charge on any atom is 0.254 e. The number of hydrogen-bond acceptors (Lipinski definition) is 3.